The van der Waals surface area contributed by atoms with Gasteiger partial charge in [-0.2, -0.15) is 0 Å². The molecule has 0 fully saturated rings. The maximum atomic E-state index is 5.34. The van der Waals surface area contributed by atoms with Crippen LogP contribution in [0.4, 0.5) is 0 Å². The van der Waals surface area contributed by atoms with Crippen molar-refractivity contribution in [1.82, 2.24) is 15.0 Å². The van der Waals surface area contributed by atoms with E-state index in [1.54, 1.807) is 0 Å². The van der Waals surface area contributed by atoms with E-state index in [0.29, 0.717) is 6.54 Å². The molecule has 1 heterocycles. The number of hydrogen-bond acceptors (Lipinski definition) is 3. The molecule has 0 aliphatic heterocycles. The summed E-state index contributed by atoms with van der Waals surface area (Å²) in [5.41, 5.74) is 6.31. The number of nitrogens with zero attached hydrogens (tertiary/aromatic N) is 3. The Morgan fingerprint density at radius 3 is 3.00 bits per heavy atom. The van der Waals surface area contributed by atoms with Crippen LogP contribution in [0.5, 0.6) is 0 Å². The highest BCUT2D eigenvalue weighted by Gasteiger charge is 1.96. The summed E-state index contributed by atoms with van der Waals surface area (Å²) in [5, 5.41) is 8.58. The summed E-state index contributed by atoms with van der Waals surface area (Å²) in [7, 11) is 0. The highest BCUT2D eigenvalue weighted by molar-refractivity contribution is 9.08. The van der Waals surface area contributed by atoms with Crippen LogP contribution >= 0.6 is 15.9 Å². The minimum atomic E-state index is 0.698. The first-order valence-electron chi connectivity index (χ1n) is 3.52. The summed E-state index contributed by atoms with van der Waals surface area (Å²) in [5.74, 6) is 0. The van der Waals surface area contributed by atoms with Crippen molar-refractivity contribution in [2.75, 3.05) is 6.54 Å². The van der Waals surface area contributed by atoms with E-state index in [1.807, 2.05) is 10.9 Å². The van der Waals surface area contributed by atoms with Gasteiger partial charge in [0.25, 0.3) is 0 Å². The maximum absolute atomic E-state index is 5.34. The van der Waals surface area contributed by atoms with Gasteiger partial charge in [-0.25, -0.2) is 0 Å². The van der Waals surface area contributed by atoms with Gasteiger partial charge in [0.15, 0.2) is 0 Å². The Kier molecular flexibility index (Phi) is 3.51. The summed E-state index contributed by atoms with van der Waals surface area (Å²) >= 11 is 3.30. The summed E-state index contributed by atoms with van der Waals surface area (Å²) in [4.78, 5) is 0. The number of halogens is 1. The Labute approximate surface area is 73.9 Å². The Bertz CT molecular complexity index is 210. The summed E-state index contributed by atoms with van der Waals surface area (Å²) < 4.78 is 1.81. The van der Waals surface area contributed by atoms with E-state index in [9.17, 15) is 0 Å². The normalized spacial score (nSPS) is 10.4. The van der Waals surface area contributed by atoms with Crippen molar-refractivity contribution in [1.29, 1.82) is 0 Å². The molecule has 0 bridgehead atoms. The van der Waals surface area contributed by atoms with Gasteiger partial charge in [-0.15, -0.1) is 5.10 Å². The van der Waals surface area contributed by atoms with E-state index in [1.165, 1.54) is 0 Å². The fraction of sp³-hybridized carbons (Fsp3) is 0.667. The first kappa shape index (κ1) is 8.67. The minimum Gasteiger partial charge on any atom is -0.330 e. The standard InChI is InChI=1S/C6H11BrN4/c7-4-6-5-11(10-9-6)3-1-2-8/h5H,1-4,8H2. The molecule has 1 aromatic rings. The van der Waals surface area contributed by atoms with Crippen molar-refractivity contribution in [3.05, 3.63) is 11.9 Å². The predicted molar refractivity (Wildman–Crippen MR) is 46.3 cm³/mol. The van der Waals surface area contributed by atoms with Gasteiger partial charge in [-0.3, -0.25) is 4.68 Å². The summed E-state index contributed by atoms with van der Waals surface area (Å²) in [6.45, 7) is 1.56. The van der Waals surface area contributed by atoms with E-state index in [-0.39, 0.29) is 0 Å². The number of rotatable bonds is 4. The Morgan fingerprint density at radius 1 is 1.64 bits per heavy atom. The molecule has 62 valence electrons. The number of hydrogen-bond donors (Lipinski definition) is 1. The minimum absolute atomic E-state index is 0.698. The molecule has 4 nitrogen and oxygen atoms in total. The summed E-state index contributed by atoms with van der Waals surface area (Å²) in [6.07, 6.45) is 2.87. The fourth-order valence-electron chi connectivity index (χ4n) is 0.762. The number of aromatic nitrogens is 3. The van der Waals surface area contributed by atoms with Gasteiger partial charge in [-0.1, -0.05) is 21.1 Å². The predicted octanol–water partition coefficient (Wildman–Crippen LogP) is 0.522. The van der Waals surface area contributed by atoms with Crippen LogP contribution in [0, 0.1) is 0 Å². The second-order valence-corrected chi connectivity index (χ2v) is 2.81. The Balaban J connectivity index is 2.44. The van der Waals surface area contributed by atoms with E-state index in [4.69, 9.17) is 5.73 Å². The Morgan fingerprint density at radius 2 is 2.45 bits per heavy atom. The molecule has 0 aliphatic carbocycles. The molecule has 0 saturated carbocycles. The van der Waals surface area contributed by atoms with Crippen LogP contribution in [0.25, 0.3) is 0 Å². The topological polar surface area (TPSA) is 56.7 Å². The average Bonchev–Trinajstić information content (AvgIpc) is 2.48. The van der Waals surface area contributed by atoms with Crippen LogP contribution in [0.2, 0.25) is 0 Å². The van der Waals surface area contributed by atoms with E-state index >= 15 is 0 Å². The molecule has 0 aromatic carbocycles. The lowest BCUT2D eigenvalue weighted by molar-refractivity contribution is 0.564. The van der Waals surface area contributed by atoms with Gasteiger partial charge >= 0.3 is 0 Å². The van der Waals surface area contributed by atoms with Crippen LogP contribution in [0.3, 0.4) is 0 Å². The van der Waals surface area contributed by atoms with Crippen LogP contribution in [-0.2, 0) is 11.9 Å². The number of alkyl halides is 1. The van der Waals surface area contributed by atoms with Gasteiger partial charge < -0.3 is 5.73 Å². The zero-order chi connectivity index (χ0) is 8.10. The molecule has 0 unspecified atom stereocenters. The second-order valence-electron chi connectivity index (χ2n) is 2.25. The molecule has 5 heteroatoms. The third-order valence-corrected chi connectivity index (χ3v) is 1.89. The smallest absolute Gasteiger partial charge is 0.0932 e. The second kappa shape index (κ2) is 4.46. The SMILES string of the molecule is NCCCn1cc(CBr)nn1. The van der Waals surface area contributed by atoms with Crippen LogP contribution in [0.1, 0.15) is 12.1 Å². The van der Waals surface area contributed by atoms with Crippen molar-refractivity contribution < 1.29 is 0 Å². The molecule has 1 rings (SSSR count). The van der Waals surface area contributed by atoms with E-state index < -0.39 is 0 Å². The van der Waals surface area contributed by atoms with Crippen LogP contribution in [-0.4, -0.2) is 21.5 Å². The van der Waals surface area contributed by atoms with Crippen molar-refractivity contribution in [3.8, 4) is 0 Å². The van der Waals surface area contributed by atoms with Crippen LogP contribution in [0.15, 0.2) is 6.20 Å². The molecule has 11 heavy (non-hydrogen) atoms. The van der Waals surface area contributed by atoms with Gasteiger partial charge in [0.2, 0.25) is 0 Å². The molecule has 0 aliphatic rings. The Hall–Kier alpha value is -0.420. The highest BCUT2D eigenvalue weighted by atomic mass is 79.9. The van der Waals surface area contributed by atoms with Crippen molar-refractivity contribution in [3.63, 3.8) is 0 Å². The zero-order valence-electron chi connectivity index (χ0n) is 6.20. The molecule has 2 N–H and O–H groups in total. The van der Waals surface area contributed by atoms with Gasteiger partial charge in [0.05, 0.1) is 5.69 Å². The summed E-state index contributed by atoms with van der Waals surface area (Å²) in [6, 6.07) is 0. The van der Waals surface area contributed by atoms with Gasteiger partial charge in [0.1, 0.15) is 0 Å². The average molecular weight is 219 g/mol. The zero-order valence-corrected chi connectivity index (χ0v) is 7.79. The lowest BCUT2D eigenvalue weighted by Crippen LogP contribution is -2.06. The molecule has 1 aromatic heterocycles. The lowest BCUT2D eigenvalue weighted by Gasteiger charge is -1.94. The first-order valence-corrected chi connectivity index (χ1v) is 4.64. The van der Waals surface area contributed by atoms with Crippen molar-refractivity contribution >= 4 is 15.9 Å². The molecular formula is C6H11BrN4. The lowest BCUT2D eigenvalue weighted by atomic mass is 10.4. The fourth-order valence-corrected chi connectivity index (χ4v) is 1.02. The third kappa shape index (κ3) is 2.59. The number of nitrogens with two attached hydrogens (primary N) is 1. The van der Waals surface area contributed by atoms with E-state index in [2.05, 4.69) is 26.2 Å². The first-order chi connectivity index (χ1) is 5.36. The highest BCUT2D eigenvalue weighted by Crippen LogP contribution is 1.99. The molecule has 0 saturated heterocycles. The van der Waals surface area contributed by atoms with Crippen LogP contribution < -0.4 is 5.73 Å². The molecule has 0 radical (unpaired) electrons. The van der Waals surface area contributed by atoms with E-state index in [0.717, 1.165) is 24.0 Å². The molecule has 0 atom stereocenters. The molecule has 0 spiro atoms. The quantitative estimate of drug-likeness (QED) is 0.751. The molecule has 0 amide bonds. The van der Waals surface area contributed by atoms with Crippen molar-refractivity contribution in [2.24, 2.45) is 5.73 Å². The monoisotopic (exact) mass is 218 g/mol. The molecular weight excluding hydrogens is 208 g/mol. The maximum Gasteiger partial charge on any atom is 0.0932 e. The van der Waals surface area contributed by atoms with Crippen molar-refractivity contribution in [2.45, 2.75) is 18.3 Å². The largest absolute Gasteiger partial charge is 0.330 e. The van der Waals surface area contributed by atoms with Gasteiger partial charge in [-0.05, 0) is 13.0 Å². The number of aryl methyl sites for hydroxylation is 1. The third-order valence-electron chi connectivity index (χ3n) is 1.31. The van der Waals surface area contributed by atoms with Gasteiger partial charge in [0, 0.05) is 18.1 Å².